The molecule has 0 saturated carbocycles. The molecule has 0 amide bonds. The standard InChI is InChI=1S/C14H14N4OS/c1-2-19-9-6-7-10-11(8-9)17-14(16-10)20-13-5-3-4-12(15)18-13/h3-8H,2H2,1H3,(H2,15,18)(H,16,17). The van der Waals surface area contributed by atoms with Crippen LogP contribution >= 0.6 is 11.8 Å². The van der Waals surface area contributed by atoms with Crippen LogP contribution in [0.2, 0.25) is 0 Å². The summed E-state index contributed by atoms with van der Waals surface area (Å²) in [5.41, 5.74) is 7.52. The van der Waals surface area contributed by atoms with Crippen molar-refractivity contribution >= 4 is 28.6 Å². The predicted octanol–water partition coefficient (Wildman–Crippen LogP) is 3.09. The summed E-state index contributed by atoms with van der Waals surface area (Å²) in [4.78, 5) is 12.0. The Hall–Kier alpha value is -2.21. The van der Waals surface area contributed by atoms with E-state index in [-0.39, 0.29) is 0 Å². The molecule has 2 heterocycles. The number of nitrogen functional groups attached to an aromatic ring is 1. The molecular weight excluding hydrogens is 272 g/mol. The van der Waals surface area contributed by atoms with Crippen molar-refractivity contribution in [2.45, 2.75) is 17.1 Å². The topological polar surface area (TPSA) is 76.8 Å². The molecule has 0 fully saturated rings. The molecule has 1 aromatic carbocycles. The first-order valence-electron chi connectivity index (χ1n) is 6.27. The lowest BCUT2D eigenvalue weighted by molar-refractivity contribution is 0.340. The highest BCUT2D eigenvalue weighted by atomic mass is 32.2. The number of nitrogens with one attached hydrogen (secondary N) is 1. The number of H-pyrrole nitrogens is 1. The largest absolute Gasteiger partial charge is 0.494 e. The van der Waals surface area contributed by atoms with Gasteiger partial charge in [-0.2, -0.15) is 0 Å². The Labute approximate surface area is 120 Å². The van der Waals surface area contributed by atoms with Crippen LogP contribution in [0.5, 0.6) is 5.75 Å². The number of ether oxygens (including phenoxy) is 1. The van der Waals surface area contributed by atoms with E-state index in [0.29, 0.717) is 12.4 Å². The summed E-state index contributed by atoms with van der Waals surface area (Å²) in [6.45, 7) is 2.61. The summed E-state index contributed by atoms with van der Waals surface area (Å²) in [7, 11) is 0. The molecule has 0 aliphatic rings. The van der Waals surface area contributed by atoms with E-state index in [4.69, 9.17) is 10.5 Å². The first kappa shape index (κ1) is 12.8. The summed E-state index contributed by atoms with van der Waals surface area (Å²) in [6, 6.07) is 11.3. The van der Waals surface area contributed by atoms with Gasteiger partial charge in [-0.3, -0.25) is 0 Å². The van der Waals surface area contributed by atoms with Gasteiger partial charge in [0, 0.05) is 6.07 Å². The molecule has 0 aliphatic carbocycles. The van der Waals surface area contributed by atoms with Gasteiger partial charge in [-0.1, -0.05) is 6.07 Å². The average Bonchev–Trinajstić information content (AvgIpc) is 2.80. The van der Waals surface area contributed by atoms with Crippen LogP contribution in [-0.4, -0.2) is 21.6 Å². The summed E-state index contributed by atoms with van der Waals surface area (Å²) in [5, 5.41) is 1.60. The van der Waals surface area contributed by atoms with Crippen molar-refractivity contribution in [3.05, 3.63) is 36.4 Å². The van der Waals surface area contributed by atoms with Crippen LogP contribution < -0.4 is 10.5 Å². The highest BCUT2D eigenvalue weighted by molar-refractivity contribution is 7.99. The van der Waals surface area contributed by atoms with Crippen molar-refractivity contribution in [3.8, 4) is 5.75 Å². The van der Waals surface area contributed by atoms with Crippen molar-refractivity contribution in [2.24, 2.45) is 0 Å². The highest BCUT2D eigenvalue weighted by Crippen LogP contribution is 2.27. The van der Waals surface area contributed by atoms with E-state index < -0.39 is 0 Å². The number of aromatic nitrogens is 3. The van der Waals surface area contributed by atoms with Crippen LogP contribution in [0.4, 0.5) is 5.82 Å². The molecule has 0 radical (unpaired) electrons. The number of aromatic amines is 1. The Morgan fingerprint density at radius 3 is 2.95 bits per heavy atom. The minimum atomic E-state index is 0.504. The molecule has 3 aromatic rings. The van der Waals surface area contributed by atoms with Gasteiger partial charge >= 0.3 is 0 Å². The number of nitrogens with zero attached hydrogens (tertiary/aromatic N) is 2. The highest BCUT2D eigenvalue weighted by Gasteiger charge is 2.07. The number of hydrogen-bond donors (Lipinski definition) is 2. The minimum absolute atomic E-state index is 0.504. The van der Waals surface area contributed by atoms with Gasteiger partial charge in [0.15, 0.2) is 5.16 Å². The second-order valence-corrected chi connectivity index (χ2v) is 5.17. The van der Waals surface area contributed by atoms with Crippen LogP contribution in [0.3, 0.4) is 0 Å². The maximum absolute atomic E-state index is 5.67. The monoisotopic (exact) mass is 286 g/mol. The zero-order chi connectivity index (χ0) is 13.9. The van der Waals surface area contributed by atoms with E-state index >= 15 is 0 Å². The smallest absolute Gasteiger partial charge is 0.172 e. The minimum Gasteiger partial charge on any atom is -0.494 e. The molecule has 0 aliphatic heterocycles. The van der Waals surface area contributed by atoms with Crippen molar-refractivity contribution in [3.63, 3.8) is 0 Å². The van der Waals surface area contributed by atoms with Gasteiger partial charge in [-0.15, -0.1) is 0 Å². The van der Waals surface area contributed by atoms with E-state index in [0.717, 1.165) is 27.0 Å². The zero-order valence-corrected chi connectivity index (χ0v) is 11.8. The zero-order valence-electron chi connectivity index (χ0n) is 11.0. The molecular formula is C14H14N4OS. The van der Waals surface area contributed by atoms with Crippen molar-refractivity contribution in [2.75, 3.05) is 12.3 Å². The normalized spacial score (nSPS) is 10.8. The molecule has 0 spiro atoms. The number of fused-ring (bicyclic) bond motifs is 1. The summed E-state index contributed by atoms with van der Waals surface area (Å²) >= 11 is 1.45. The van der Waals surface area contributed by atoms with E-state index in [9.17, 15) is 0 Å². The van der Waals surface area contributed by atoms with Crippen LogP contribution in [0.15, 0.2) is 46.6 Å². The Morgan fingerprint density at radius 1 is 1.25 bits per heavy atom. The third-order valence-electron chi connectivity index (χ3n) is 2.69. The summed E-state index contributed by atoms with van der Waals surface area (Å²) in [5.74, 6) is 1.34. The number of hydrogen-bond acceptors (Lipinski definition) is 5. The third kappa shape index (κ3) is 2.70. The number of anilines is 1. The molecule has 20 heavy (non-hydrogen) atoms. The predicted molar refractivity (Wildman–Crippen MR) is 80.0 cm³/mol. The maximum Gasteiger partial charge on any atom is 0.172 e. The molecule has 3 N–H and O–H groups in total. The second kappa shape index (κ2) is 5.42. The lowest BCUT2D eigenvalue weighted by Gasteiger charge is -2.00. The summed E-state index contributed by atoms with van der Waals surface area (Å²) in [6.07, 6.45) is 0. The second-order valence-electron chi connectivity index (χ2n) is 4.16. The molecule has 0 atom stereocenters. The Bertz CT molecular complexity index is 741. The van der Waals surface area contributed by atoms with Crippen LogP contribution in [0.25, 0.3) is 11.0 Å². The fourth-order valence-corrected chi connectivity index (χ4v) is 2.66. The van der Waals surface area contributed by atoms with Gasteiger partial charge < -0.3 is 15.5 Å². The van der Waals surface area contributed by atoms with Crippen LogP contribution in [0, 0.1) is 0 Å². The lowest BCUT2D eigenvalue weighted by Crippen LogP contribution is -1.90. The average molecular weight is 286 g/mol. The fourth-order valence-electron chi connectivity index (χ4n) is 1.86. The first-order chi connectivity index (χ1) is 9.74. The lowest BCUT2D eigenvalue weighted by atomic mass is 10.3. The number of nitrogens with two attached hydrogens (primary N) is 1. The van der Waals surface area contributed by atoms with E-state index in [1.165, 1.54) is 11.8 Å². The van der Waals surface area contributed by atoms with Gasteiger partial charge in [0.2, 0.25) is 0 Å². The van der Waals surface area contributed by atoms with Crippen LogP contribution in [0.1, 0.15) is 6.92 Å². The van der Waals surface area contributed by atoms with Crippen molar-refractivity contribution < 1.29 is 4.74 Å². The number of pyridine rings is 1. The van der Waals surface area contributed by atoms with Gasteiger partial charge in [-0.25, -0.2) is 9.97 Å². The quantitative estimate of drug-likeness (QED) is 0.770. The van der Waals surface area contributed by atoms with Crippen molar-refractivity contribution in [1.29, 1.82) is 0 Å². The molecule has 0 saturated heterocycles. The Kier molecular flexibility index (Phi) is 3.47. The Balaban J connectivity index is 1.89. The molecule has 5 nitrogen and oxygen atoms in total. The number of rotatable bonds is 4. The molecule has 0 bridgehead atoms. The third-order valence-corrected chi connectivity index (χ3v) is 3.51. The van der Waals surface area contributed by atoms with Gasteiger partial charge in [0.25, 0.3) is 0 Å². The number of imidazole rings is 1. The van der Waals surface area contributed by atoms with Crippen LogP contribution in [-0.2, 0) is 0 Å². The van der Waals surface area contributed by atoms with Gasteiger partial charge in [0.1, 0.15) is 16.6 Å². The molecule has 6 heteroatoms. The fraction of sp³-hybridized carbons (Fsp3) is 0.143. The van der Waals surface area contributed by atoms with E-state index in [2.05, 4.69) is 15.0 Å². The molecule has 3 rings (SSSR count). The van der Waals surface area contributed by atoms with Gasteiger partial charge in [0.05, 0.1) is 17.6 Å². The Morgan fingerprint density at radius 2 is 2.15 bits per heavy atom. The molecule has 2 aromatic heterocycles. The molecule has 102 valence electrons. The number of benzene rings is 1. The SMILES string of the molecule is CCOc1ccc2nc(Sc3cccc(N)n3)[nH]c2c1. The maximum atomic E-state index is 5.67. The van der Waals surface area contributed by atoms with Crippen molar-refractivity contribution in [1.82, 2.24) is 15.0 Å². The van der Waals surface area contributed by atoms with E-state index in [1.54, 1.807) is 6.07 Å². The summed E-state index contributed by atoms with van der Waals surface area (Å²) < 4.78 is 5.47. The first-order valence-corrected chi connectivity index (χ1v) is 7.09. The van der Waals surface area contributed by atoms with Gasteiger partial charge in [-0.05, 0) is 43.0 Å². The van der Waals surface area contributed by atoms with E-state index in [1.807, 2.05) is 37.3 Å². The molecule has 0 unspecified atom stereocenters.